The molecule has 0 aromatic carbocycles. The summed E-state index contributed by atoms with van der Waals surface area (Å²) in [6.07, 6.45) is 1.69. The molecule has 2 aromatic heterocycles. The summed E-state index contributed by atoms with van der Waals surface area (Å²) < 4.78 is 14.4. The number of rotatable bonds is 5. The number of hydrogen-bond donors (Lipinski definition) is 2. The van der Waals surface area contributed by atoms with Crippen molar-refractivity contribution in [1.82, 2.24) is 14.8 Å². The molecule has 1 atom stereocenters. The van der Waals surface area contributed by atoms with E-state index in [-0.39, 0.29) is 13.2 Å². The van der Waals surface area contributed by atoms with Crippen LogP contribution < -0.4 is 0 Å². The van der Waals surface area contributed by atoms with Crippen LogP contribution in [0.15, 0.2) is 24.4 Å². The SMILES string of the molecule is CCC(C)(O)Cn1nc(-c2ccc(F)cn2)cc1CO. The van der Waals surface area contributed by atoms with E-state index in [4.69, 9.17) is 0 Å². The summed E-state index contributed by atoms with van der Waals surface area (Å²) >= 11 is 0. The second kappa shape index (κ2) is 5.68. The van der Waals surface area contributed by atoms with Crippen molar-refractivity contribution in [2.75, 3.05) is 0 Å². The lowest BCUT2D eigenvalue weighted by Crippen LogP contribution is -2.30. The fraction of sp³-hybridized carbons (Fsp3) is 0.429. The van der Waals surface area contributed by atoms with Crippen LogP contribution in [-0.4, -0.2) is 30.6 Å². The molecular weight excluding hydrogens is 261 g/mol. The van der Waals surface area contributed by atoms with Gasteiger partial charge in [0, 0.05) is 0 Å². The normalized spacial score (nSPS) is 14.2. The lowest BCUT2D eigenvalue weighted by molar-refractivity contribution is 0.0327. The van der Waals surface area contributed by atoms with Crippen LogP contribution >= 0.6 is 0 Å². The molecule has 0 bridgehead atoms. The summed E-state index contributed by atoms with van der Waals surface area (Å²) in [5, 5.41) is 23.8. The largest absolute Gasteiger partial charge is 0.390 e. The van der Waals surface area contributed by atoms with E-state index in [1.165, 1.54) is 12.1 Å². The van der Waals surface area contributed by atoms with E-state index < -0.39 is 11.4 Å². The first-order valence-electron chi connectivity index (χ1n) is 6.47. The molecule has 2 rings (SSSR count). The Kier molecular flexibility index (Phi) is 4.15. The maximum absolute atomic E-state index is 12.9. The van der Waals surface area contributed by atoms with Crippen molar-refractivity contribution < 1.29 is 14.6 Å². The Morgan fingerprint density at radius 2 is 2.10 bits per heavy atom. The lowest BCUT2D eigenvalue weighted by Gasteiger charge is -2.22. The van der Waals surface area contributed by atoms with Crippen LogP contribution in [-0.2, 0) is 13.2 Å². The number of halogens is 1. The number of aliphatic hydroxyl groups excluding tert-OH is 1. The fourth-order valence-corrected chi connectivity index (χ4v) is 1.81. The molecule has 6 heteroatoms. The molecule has 20 heavy (non-hydrogen) atoms. The van der Waals surface area contributed by atoms with Gasteiger partial charge in [0.25, 0.3) is 0 Å². The Labute approximate surface area is 116 Å². The van der Waals surface area contributed by atoms with Gasteiger partial charge in [-0.2, -0.15) is 5.10 Å². The van der Waals surface area contributed by atoms with Gasteiger partial charge in [-0.3, -0.25) is 9.67 Å². The summed E-state index contributed by atoms with van der Waals surface area (Å²) in [6, 6.07) is 4.52. The van der Waals surface area contributed by atoms with Crippen molar-refractivity contribution in [2.24, 2.45) is 0 Å². The predicted octanol–water partition coefficient (Wildman–Crippen LogP) is 1.74. The number of pyridine rings is 1. The zero-order valence-electron chi connectivity index (χ0n) is 11.5. The first-order chi connectivity index (χ1) is 9.45. The van der Waals surface area contributed by atoms with Crippen LogP contribution in [0.4, 0.5) is 4.39 Å². The highest BCUT2D eigenvalue weighted by molar-refractivity contribution is 5.54. The molecule has 2 heterocycles. The van der Waals surface area contributed by atoms with Crippen LogP contribution in [0.2, 0.25) is 0 Å². The molecule has 0 aliphatic rings. The molecule has 0 saturated heterocycles. The second-order valence-electron chi connectivity index (χ2n) is 5.05. The smallest absolute Gasteiger partial charge is 0.141 e. The summed E-state index contributed by atoms with van der Waals surface area (Å²) in [4.78, 5) is 3.96. The summed E-state index contributed by atoms with van der Waals surface area (Å²) in [5.74, 6) is -0.413. The van der Waals surface area contributed by atoms with Gasteiger partial charge in [0.2, 0.25) is 0 Å². The van der Waals surface area contributed by atoms with Gasteiger partial charge >= 0.3 is 0 Å². The van der Waals surface area contributed by atoms with Crippen molar-refractivity contribution >= 4 is 0 Å². The molecule has 108 valence electrons. The zero-order valence-corrected chi connectivity index (χ0v) is 11.5. The average Bonchev–Trinajstić information content (AvgIpc) is 2.82. The quantitative estimate of drug-likeness (QED) is 0.874. The summed E-state index contributed by atoms with van der Waals surface area (Å²) in [7, 11) is 0. The van der Waals surface area contributed by atoms with Crippen LogP contribution in [0.5, 0.6) is 0 Å². The van der Waals surface area contributed by atoms with Crippen LogP contribution in [0, 0.1) is 5.82 Å². The second-order valence-corrected chi connectivity index (χ2v) is 5.05. The van der Waals surface area contributed by atoms with E-state index >= 15 is 0 Å². The average molecular weight is 279 g/mol. The van der Waals surface area contributed by atoms with Gasteiger partial charge in [0.1, 0.15) is 11.5 Å². The fourth-order valence-electron chi connectivity index (χ4n) is 1.81. The van der Waals surface area contributed by atoms with Gasteiger partial charge in [-0.1, -0.05) is 6.92 Å². The van der Waals surface area contributed by atoms with E-state index in [0.717, 1.165) is 6.20 Å². The van der Waals surface area contributed by atoms with Gasteiger partial charge < -0.3 is 10.2 Å². The molecule has 2 aromatic rings. The Morgan fingerprint density at radius 1 is 1.35 bits per heavy atom. The minimum absolute atomic E-state index is 0.187. The van der Waals surface area contributed by atoms with E-state index in [1.807, 2.05) is 6.92 Å². The third-order valence-electron chi connectivity index (χ3n) is 3.27. The van der Waals surface area contributed by atoms with Crippen LogP contribution in [0.3, 0.4) is 0 Å². The molecule has 0 amide bonds. The Hall–Kier alpha value is -1.79. The first kappa shape index (κ1) is 14.6. The van der Waals surface area contributed by atoms with Crippen LogP contribution in [0.25, 0.3) is 11.4 Å². The molecule has 0 aliphatic heterocycles. The van der Waals surface area contributed by atoms with Crippen molar-refractivity contribution in [3.8, 4) is 11.4 Å². The number of hydrogen-bond acceptors (Lipinski definition) is 4. The van der Waals surface area contributed by atoms with E-state index in [1.54, 1.807) is 17.7 Å². The van der Waals surface area contributed by atoms with Gasteiger partial charge in [0.15, 0.2) is 0 Å². The van der Waals surface area contributed by atoms with Gasteiger partial charge in [-0.05, 0) is 31.5 Å². The minimum atomic E-state index is -0.899. The lowest BCUT2D eigenvalue weighted by atomic mass is 10.0. The third kappa shape index (κ3) is 3.20. The molecular formula is C14H18FN3O2. The summed E-state index contributed by atoms with van der Waals surface area (Å²) in [5.41, 5.74) is 0.750. The van der Waals surface area contributed by atoms with Crippen LogP contribution in [0.1, 0.15) is 26.0 Å². The topological polar surface area (TPSA) is 71.2 Å². The highest BCUT2D eigenvalue weighted by Gasteiger charge is 2.21. The van der Waals surface area contributed by atoms with E-state index in [2.05, 4.69) is 10.1 Å². The van der Waals surface area contributed by atoms with Crippen molar-refractivity contribution in [3.05, 3.63) is 35.9 Å². The Morgan fingerprint density at radius 3 is 2.65 bits per heavy atom. The van der Waals surface area contributed by atoms with E-state index in [0.29, 0.717) is 23.5 Å². The molecule has 2 N–H and O–H groups in total. The highest BCUT2D eigenvalue weighted by atomic mass is 19.1. The monoisotopic (exact) mass is 279 g/mol. The van der Waals surface area contributed by atoms with Gasteiger partial charge in [-0.25, -0.2) is 4.39 Å². The maximum Gasteiger partial charge on any atom is 0.141 e. The minimum Gasteiger partial charge on any atom is -0.390 e. The Balaban J connectivity index is 2.33. The summed E-state index contributed by atoms with van der Waals surface area (Å²) in [6.45, 7) is 3.69. The molecule has 0 aliphatic carbocycles. The van der Waals surface area contributed by atoms with E-state index in [9.17, 15) is 14.6 Å². The van der Waals surface area contributed by atoms with Crippen molar-refractivity contribution in [2.45, 2.75) is 39.0 Å². The molecule has 0 saturated carbocycles. The predicted molar refractivity (Wildman–Crippen MR) is 72.3 cm³/mol. The van der Waals surface area contributed by atoms with Gasteiger partial charge in [0.05, 0.1) is 36.3 Å². The molecule has 0 spiro atoms. The highest BCUT2D eigenvalue weighted by Crippen LogP contribution is 2.20. The maximum atomic E-state index is 12.9. The standard InChI is InChI=1S/C14H18FN3O2/c1-3-14(2,20)9-18-11(8-19)6-13(17-18)12-5-4-10(15)7-16-12/h4-7,19-20H,3,8-9H2,1-2H3. The number of nitrogens with zero attached hydrogens (tertiary/aromatic N) is 3. The number of aliphatic hydroxyl groups is 2. The molecule has 0 radical (unpaired) electrons. The number of aromatic nitrogens is 3. The third-order valence-corrected chi connectivity index (χ3v) is 3.27. The first-order valence-corrected chi connectivity index (χ1v) is 6.47. The Bertz CT molecular complexity index is 579. The molecule has 1 unspecified atom stereocenters. The zero-order chi connectivity index (χ0) is 14.8. The molecule has 0 fully saturated rings. The van der Waals surface area contributed by atoms with Gasteiger partial charge in [-0.15, -0.1) is 0 Å². The van der Waals surface area contributed by atoms with Crippen molar-refractivity contribution in [3.63, 3.8) is 0 Å². The molecule has 5 nitrogen and oxygen atoms in total. The van der Waals surface area contributed by atoms with Crippen molar-refractivity contribution in [1.29, 1.82) is 0 Å².